The zero-order valence-electron chi connectivity index (χ0n) is 10.7. The van der Waals surface area contributed by atoms with E-state index in [2.05, 4.69) is 13.8 Å². The van der Waals surface area contributed by atoms with E-state index < -0.39 is 0 Å². The molecule has 2 nitrogen and oxygen atoms in total. The van der Waals surface area contributed by atoms with Crippen LogP contribution in [0, 0.1) is 5.92 Å². The molecular weight excluding hydrogens is 266 g/mol. The molecule has 0 aliphatic carbocycles. The van der Waals surface area contributed by atoms with E-state index in [1.165, 1.54) is 0 Å². The molecule has 1 aliphatic rings. The van der Waals surface area contributed by atoms with E-state index in [1.54, 1.807) is 0 Å². The fourth-order valence-electron chi connectivity index (χ4n) is 2.13. The SMILES string of the molecule is CC(C)CC(=O)N1CCSC1c1cccc(Cl)c1. The van der Waals surface area contributed by atoms with Gasteiger partial charge in [-0.1, -0.05) is 37.6 Å². The number of carbonyl (C=O) groups excluding carboxylic acids is 1. The summed E-state index contributed by atoms with van der Waals surface area (Å²) in [7, 11) is 0. The zero-order valence-corrected chi connectivity index (χ0v) is 12.3. The predicted octanol–water partition coefficient (Wildman–Crippen LogP) is 3.96. The van der Waals surface area contributed by atoms with Gasteiger partial charge in [0.15, 0.2) is 0 Å². The molecule has 1 heterocycles. The molecule has 1 aromatic rings. The molecule has 1 atom stereocenters. The molecule has 1 saturated heterocycles. The number of benzene rings is 1. The maximum Gasteiger partial charge on any atom is 0.224 e. The monoisotopic (exact) mass is 283 g/mol. The van der Waals surface area contributed by atoms with Gasteiger partial charge in [-0.3, -0.25) is 4.79 Å². The summed E-state index contributed by atoms with van der Waals surface area (Å²) in [6.45, 7) is 5.00. The quantitative estimate of drug-likeness (QED) is 0.837. The number of hydrogen-bond acceptors (Lipinski definition) is 2. The van der Waals surface area contributed by atoms with E-state index in [0.29, 0.717) is 12.3 Å². The van der Waals surface area contributed by atoms with Gasteiger partial charge in [-0.2, -0.15) is 0 Å². The molecular formula is C14H18ClNOS. The van der Waals surface area contributed by atoms with Crippen molar-refractivity contribution in [1.29, 1.82) is 0 Å². The van der Waals surface area contributed by atoms with E-state index in [-0.39, 0.29) is 11.3 Å². The summed E-state index contributed by atoms with van der Waals surface area (Å²) in [5.74, 6) is 1.66. The Kier molecular flexibility index (Phi) is 4.57. The number of rotatable bonds is 3. The van der Waals surface area contributed by atoms with Crippen molar-refractivity contribution < 1.29 is 4.79 Å². The van der Waals surface area contributed by atoms with Gasteiger partial charge in [0.25, 0.3) is 0 Å². The second kappa shape index (κ2) is 5.98. The third-order valence-corrected chi connectivity index (χ3v) is 4.42. The first kappa shape index (κ1) is 13.8. The van der Waals surface area contributed by atoms with Gasteiger partial charge in [0, 0.05) is 23.7 Å². The molecule has 1 aromatic carbocycles. The molecule has 4 heteroatoms. The lowest BCUT2D eigenvalue weighted by Gasteiger charge is -2.25. The van der Waals surface area contributed by atoms with Crippen LogP contribution in [-0.2, 0) is 4.79 Å². The van der Waals surface area contributed by atoms with Crippen LogP contribution in [0.1, 0.15) is 31.2 Å². The van der Waals surface area contributed by atoms with Crippen molar-refractivity contribution in [3.05, 3.63) is 34.9 Å². The van der Waals surface area contributed by atoms with Crippen LogP contribution in [0.3, 0.4) is 0 Å². The molecule has 1 unspecified atom stereocenters. The highest BCUT2D eigenvalue weighted by molar-refractivity contribution is 7.99. The molecule has 1 amide bonds. The first-order chi connectivity index (χ1) is 8.58. The Morgan fingerprint density at radius 3 is 3.00 bits per heavy atom. The molecule has 0 aromatic heterocycles. The Bertz CT molecular complexity index is 436. The molecule has 2 rings (SSSR count). The highest BCUT2D eigenvalue weighted by atomic mass is 35.5. The largest absolute Gasteiger partial charge is 0.326 e. The van der Waals surface area contributed by atoms with Crippen LogP contribution in [0.5, 0.6) is 0 Å². The second-order valence-corrected chi connectivity index (χ2v) is 6.59. The Hall–Kier alpha value is -0.670. The topological polar surface area (TPSA) is 20.3 Å². The Balaban J connectivity index is 2.14. The minimum atomic E-state index is 0.134. The van der Waals surface area contributed by atoms with Gasteiger partial charge in [-0.15, -0.1) is 11.8 Å². The minimum Gasteiger partial charge on any atom is -0.326 e. The summed E-state index contributed by atoms with van der Waals surface area (Å²) in [4.78, 5) is 14.2. The van der Waals surface area contributed by atoms with Crippen LogP contribution >= 0.6 is 23.4 Å². The van der Waals surface area contributed by atoms with Crippen LogP contribution in [-0.4, -0.2) is 23.1 Å². The van der Waals surface area contributed by atoms with Crippen molar-refractivity contribution in [3.63, 3.8) is 0 Å². The molecule has 18 heavy (non-hydrogen) atoms. The van der Waals surface area contributed by atoms with Gasteiger partial charge in [0.05, 0.1) is 0 Å². The Morgan fingerprint density at radius 2 is 2.33 bits per heavy atom. The summed E-state index contributed by atoms with van der Waals surface area (Å²) in [6.07, 6.45) is 0.623. The minimum absolute atomic E-state index is 0.134. The molecule has 0 spiro atoms. The van der Waals surface area contributed by atoms with E-state index in [9.17, 15) is 4.79 Å². The zero-order chi connectivity index (χ0) is 13.1. The van der Waals surface area contributed by atoms with E-state index >= 15 is 0 Å². The third kappa shape index (κ3) is 3.21. The van der Waals surface area contributed by atoms with Crippen LogP contribution < -0.4 is 0 Å². The van der Waals surface area contributed by atoms with Crippen molar-refractivity contribution >= 4 is 29.3 Å². The average molecular weight is 284 g/mol. The maximum atomic E-state index is 12.2. The van der Waals surface area contributed by atoms with Gasteiger partial charge in [0.1, 0.15) is 5.37 Å². The molecule has 0 bridgehead atoms. The molecule has 0 saturated carbocycles. The van der Waals surface area contributed by atoms with Crippen molar-refractivity contribution in [2.45, 2.75) is 25.6 Å². The second-order valence-electron chi connectivity index (χ2n) is 4.96. The molecule has 0 radical (unpaired) electrons. The average Bonchev–Trinajstić information content (AvgIpc) is 2.76. The van der Waals surface area contributed by atoms with Crippen LogP contribution in [0.15, 0.2) is 24.3 Å². The van der Waals surface area contributed by atoms with Crippen molar-refractivity contribution in [3.8, 4) is 0 Å². The van der Waals surface area contributed by atoms with Gasteiger partial charge < -0.3 is 4.90 Å². The lowest BCUT2D eigenvalue weighted by atomic mass is 10.1. The standard InChI is InChI=1S/C14H18ClNOS/c1-10(2)8-13(17)16-6-7-18-14(16)11-4-3-5-12(15)9-11/h3-5,9-10,14H,6-8H2,1-2H3. The highest BCUT2D eigenvalue weighted by Gasteiger charge is 2.30. The third-order valence-electron chi connectivity index (χ3n) is 2.93. The van der Waals surface area contributed by atoms with Crippen LogP contribution in [0.25, 0.3) is 0 Å². The van der Waals surface area contributed by atoms with Gasteiger partial charge in [-0.25, -0.2) is 0 Å². The smallest absolute Gasteiger partial charge is 0.224 e. The van der Waals surface area contributed by atoms with Gasteiger partial charge in [-0.05, 0) is 23.6 Å². The lowest BCUT2D eigenvalue weighted by molar-refractivity contribution is -0.132. The molecule has 98 valence electrons. The van der Waals surface area contributed by atoms with Crippen LogP contribution in [0.2, 0.25) is 5.02 Å². The van der Waals surface area contributed by atoms with Crippen molar-refractivity contribution in [2.24, 2.45) is 5.92 Å². The molecule has 1 fully saturated rings. The van der Waals surface area contributed by atoms with Crippen molar-refractivity contribution in [1.82, 2.24) is 4.90 Å². The number of thioether (sulfide) groups is 1. The predicted molar refractivity (Wildman–Crippen MR) is 77.8 cm³/mol. The number of halogens is 1. The highest BCUT2D eigenvalue weighted by Crippen LogP contribution is 2.39. The van der Waals surface area contributed by atoms with Gasteiger partial charge in [0.2, 0.25) is 5.91 Å². The lowest BCUT2D eigenvalue weighted by Crippen LogP contribution is -2.31. The normalized spacial score (nSPS) is 19.6. The summed E-state index contributed by atoms with van der Waals surface area (Å²) >= 11 is 7.84. The maximum absolute atomic E-state index is 12.2. The first-order valence-electron chi connectivity index (χ1n) is 6.24. The summed E-state index contributed by atoms with van der Waals surface area (Å²) < 4.78 is 0. The first-order valence-corrected chi connectivity index (χ1v) is 7.67. The molecule has 1 aliphatic heterocycles. The number of carbonyl (C=O) groups is 1. The fourth-order valence-corrected chi connectivity index (χ4v) is 3.59. The number of nitrogens with zero attached hydrogens (tertiary/aromatic N) is 1. The summed E-state index contributed by atoms with van der Waals surface area (Å²) in [5.41, 5.74) is 1.13. The number of amides is 1. The Labute approximate surface area is 118 Å². The summed E-state index contributed by atoms with van der Waals surface area (Å²) in [6, 6.07) is 7.82. The van der Waals surface area contributed by atoms with E-state index in [0.717, 1.165) is 22.9 Å². The van der Waals surface area contributed by atoms with E-state index in [4.69, 9.17) is 11.6 Å². The van der Waals surface area contributed by atoms with Crippen molar-refractivity contribution in [2.75, 3.05) is 12.3 Å². The summed E-state index contributed by atoms with van der Waals surface area (Å²) in [5, 5.41) is 0.867. The van der Waals surface area contributed by atoms with Gasteiger partial charge >= 0.3 is 0 Å². The number of hydrogen-bond donors (Lipinski definition) is 0. The van der Waals surface area contributed by atoms with Crippen LogP contribution in [0.4, 0.5) is 0 Å². The fraction of sp³-hybridized carbons (Fsp3) is 0.500. The molecule has 0 N–H and O–H groups in total. The van der Waals surface area contributed by atoms with E-state index in [1.807, 2.05) is 40.9 Å². The Morgan fingerprint density at radius 1 is 1.56 bits per heavy atom.